The smallest absolute Gasteiger partial charge is 0.151 e. The Hall–Kier alpha value is -1.37. The Bertz CT molecular complexity index is 699. The predicted molar refractivity (Wildman–Crippen MR) is 127 cm³/mol. The van der Waals surface area contributed by atoms with Crippen molar-refractivity contribution in [2.24, 2.45) is 11.8 Å². The number of aliphatic hydroxyl groups is 2. The average molecular weight is 447 g/mol. The van der Waals surface area contributed by atoms with E-state index in [1.165, 1.54) is 20.9 Å². The molecule has 0 bridgehead atoms. The summed E-state index contributed by atoms with van der Waals surface area (Å²) in [6, 6.07) is 17.3. The summed E-state index contributed by atoms with van der Waals surface area (Å²) < 4.78 is 10.6. The average Bonchev–Trinajstić information content (AvgIpc) is 2.70. The maximum Gasteiger partial charge on any atom is 0.151 e. The van der Waals surface area contributed by atoms with Gasteiger partial charge in [-0.3, -0.25) is 0 Å². The third kappa shape index (κ3) is 10.2. The summed E-state index contributed by atoms with van der Waals surface area (Å²) in [5.41, 5.74) is 2.70. The summed E-state index contributed by atoms with van der Waals surface area (Å²) in [7, 11) is 0. The zero-order chi connectivity index (χ0) is 22.6. The van der Waals surface area contributed by atoms with E-state index in [2.05, 4.69) is 62.4 Å². The molecule has 0 aliphatic heterocycles. The molecule has 0 aromatic heterocycles. The lowest BCUT2D eigenvalue weighted by Crippen LogP contribution is -2.11. The summed E-state index contributed by atoms with van der Waals surface area (Å²) in [5.74, 6) is 0.953. The van der Waals surface area contributed by atoms with Crippen molar-refractivity contribution in [3.63, 3.8) is 0 Å². The molecule has 31 heavy (non-hydrogen) atoms. The van der Waals surface area contributed by atoms with Gasteiger partial charge in [0.05, 0.1) is 0 Å². The number of hydrogen-bond donors (Lipinski definition) is 2. The van der Waals surface area contributed by atoms with E-state index in [0.29, 0.717) is 25.0 Å². The minimum atomic E-state index is -0.701. The molecule has 0 saturated carbocycles. The van der Waals surface area contributed by atoms with E-state index >= 15 is 0 Å². The van der Waals surface area contributed by atoms with Gasteiger partial charge in [0.2, 0.25) is 0 Å². The zero-order valence-corrected chi connectivity index (χ0v) is 20.1. The van der Waals surface area contributed by atoms with Gasteiger partial charge in [-0.1, -0.05) is 62.0 Å². The van der Waals surface area contributed by atoms with Gasteiger partial charge in [0.25, 0.3) is 0 Å². The van der Waals surface area contributed by atoms with Crippen LogP contribution in [-0.4, -0.2) is 36.0 Å². The van der Waals surface area contributed by atoms with Gasteiger partial charge in [-0.15, -0.1) is 0 Å². The molecule has 172 valence electrons. The van der Waals surface area contributed by atoms with Crippen molar-refractivity contribution >= 4 is 11.8 Å². The monoisotopic (exact) mass is 446 g/mol. The molecule has 0 heterocycles. The number of ether oxygens (including phenoxy) is 2. The molecule has 0 radical (unpaired) electrons. The number of rotatable bonds is 14. The molecule has 0 saturated heterocycles. The molecule has 2 N–H and O–H groups in total. The van der Waals surface area contributed by atoms with Crippen molar-refractivity contribution in [2.45, 2.75) is 75.7 Å². The molecule has 5 heteroatoms. The van der Waals surface area contributed by atoms with Crippen molar-refractivity contribution in [1.82, 2.24) is 0 Å². The highest BCUT2D eigenvalue weighted by molar-refractivity contribution is 7.99. The Morgan fingerprint density at radius 1 is 0.677 bits per heavy atom. The van der Waals surface area contributed by atoms with Crippen LogP contribution in [0.25, 0.3) is 0 Å². The molecule has 2 rings (SSSR count). The van der Waals surface area contributed by atoms with E-state index in [9.17, 15) is 10.2 Å². The Morgan fingerprint density at radius 2 is 1.06 bits per heavy atom. The third-order valence-electron chi connectivity index (χ3n) is 5.24. The van der Waals surface area contributed by atoms with Crippen molar-refractivity contribution in [3.8, 4) is 0 Å². The lowest BCUT2D eigenvalue weighted by atomic mass is 9.98. The van der Waals surface area contributed by atoms with Gasteiger partial charge in [-0.25, -0.2) is 0 Å². The first-order valence-electron chi connectivity index (χ1n) is 11.3. The van der Waals surface area contributed by atoms with Crippen LogP contribution in [0.5, 0.6) is 0 Å². The van der Waals surface area contributed by atoms with Gasteiger partial charge >= 0.3 is 0 Å². The number of hydrogen-bond acceptors (Lipinski definition) is 5. The van der Waals surface area contributed by atoms with Crippen molar-refractivity contribution in [2.75, 3.05) is 13.2 Å². The van der Waals surface area contributed by atoms with Crippen LogP contribution in [0.15, 0.2) is 58.3 Å². The molecular weight excluding hydrogens is 408 g/mol. The maximum atomic E-state index is 9.28. The lowest BCUT2D eigenvalue weighted by molar-refractivity contribution is -0.0883. The van der Waals surface area contributed by atoms with E-state index in [0.717, 1.165) is 25.7 Å². The van der Waals surface area contributed by atoms with Crippen LogP contribution in [0.4, 0.5) is 0 Å². The van der Waals surface area contributed by atoms with E-state index in [1.807, 2.05) is 11.8 Å². The first kappa shape index (κ1) is 25.9. The molecule has 2 aromatic rings. The molecule has 0 fully saturated rings. The molecule has 0 amide bonds. The van der Waals surface area contributed by atoms with Gasteiger partial charge in [0.1, 0.15) is 0 Å². The second-order valence-corrected chi connectivity index (χ2v) is 9.54. The van der Waals surface area contributed by atoms with Crippen molar-refractivity contribution in [1.29, 1.82) is 0 Å². The molecule has 2 aromatic carbocycles. The highest BCUT2D eigenvalue weighted by atomic mass is 32.2. The molecule has 0 aliphatic carbocycles. The van der Waals surface area contributed by atoms with Crippen LogP contribution in [0.1, 0.15) is 51.7 Å². The first-order chi connectivity index (χ1) is 14.8. The van der Waals surface area contributed by atoms with E-state index in [1.54, 1.807) is 13.8 Å². The summed E-state index contributed by atoms with van der Waals surface area (Å²) in [6.07, 6.45) is 2.42. The summed E-state index contributed by atoms with van der Waals surface area (Å²) in [6.45, 7) is 8.92. The first-order valence-corrected chi connectivity index (χ1v) is 12.1. The molecular formula is C26H38O4S. The Kier molecular flexibility index (Phi) is 11.6. The fourth-order valence-electron chi connectivity index (χ4n) is 3.50. The van der Waals surface area contributed by atoms with Crippen LogP contribution in [0.2, 0.25) is 0 Å². The topological polar surface area (TPSA) is 58.9 Å². The minimum Gasteiger partial charge on any atom is -0.368 e. The van der Waals surface area contributed by atoms with Crippen LogP contribution in [0, 0.1) is 11.8 Å². The van der Waals surface area contributed by atoms with Crippen LogP contribution in [0.3, 0.4) is 0 Å². The Morgan fingerprint density at radius 3 is 1.45 bits per heavy atom. The van der Waals surface area contributed by atoms with Gasteiger partial charge in [0, 0.05) is 23.0 Å². The SMILES string of the molecule is CC(CCOC(C)O)Cc1ccccc1Sc1ccccc1CC(C)CCOC(C)O. The molecule has 4 unspecified atom stereocenters. The van der Waals surface area contributed by atoms with Crippen LogP contribution in [-0.2, 0) is 22.3 Å². The van der Waals surface area contributed by atoms with Gasteiger partial charge in [-0.05, 0) is 74.6 Å². The molecule has 0 spiro atoms. The highest BCUT2D eigenvalue weighted by Gasteiger charge is 2.13. The highest BCUT2D eigenvalue weighted by Crippen LogP contribution is 2.35. The maximum absolute atomic E-state index is 9.28. The second kappa shape index (κ2) is 13.9. The molecule has 4 nitrogen and oxygen atoms in total. The Balaban J connectivity index is 2.01. The van der Waals surface area contributed by atoms with Crippen molar-refractivity contribution < 1.29 is 19.7 Å². The summed E-state index contributed by atoms with van der Waals surface area (Å²) >= 11 is 1.84. The van der Waals surface area contributed by atoms with Crippen LogP contribution >= 0.6 is 11.8 Å². The van der Waals surface area contributed by atoms with E-state index in [4.69, 9.17) is 9.47 Å². The van der Waals surface area contributed by atoms with E-state index in [-0.39, 0.29) is 0 Å². The van der Waals surface area contributed by atoms with Crippen LogP contribution < -0.4 is 0 Å². The summed E-state index contributed by atoms with van der Waals surface area (Å²) in [5, 5.41) is 18.6. The van der Waals surface area contributed by atoms with E-state index < -0.39 is 12.6 Å². The molecule has 4 atom stereocenters. The third-order valence-corrected chi connectivity index (χ3v) is 6.48. The number of benzene rings is 2. The lowest BCUT2D eigenvalue weighted by Gasteiger charge is -2.18. The zero-order valence-electron chi connectivity index (χ0n) is 19.3. The fraction of sp³-hybridized carbons (Fsp3) is 0.538. The van der Waals surface area contributed by atoms with Crippen molar-refractivity contribution in [3.05, 3.63) is 59.7 Å². The standard InChI is InChI=1S/C26H38O4S/c1-19(13-15-29-21(3)27)17-23-9-5-7-11-25(23)31-26-12-8-6-10-24(26)18-20(2)14-16-30-22(4)28/h5-12,19-22,27-28H,13-18H2,1-4H3. The quantitative estimate of drug-likeness (QED) is 0.365. The predicted octanol–water partition coefficient (Wildman–Crippen LogP) is 5.69. The summed E-state index contributed by atoms with van der Waals surface area (Å²) in [4.78, 5) is 2.59. The second-order valence-electron chi connectivity index (χ2n) is 8.45. The Labute approximate surface area is 192 Å². The van der Waals surface area contributed by atoms with Gasteiger partial charge in [0.15, 0.2) is 12.6 Å². The normalized spacial score (nSPS) is 15.4. The minimum absolute atomic E-state index is 0.477. The van der Waals surface area contributed by atoms with Gasteiger partial charge < -0.3 is 19.7 Å². The number of aliphatic hydroxyl groups excluding tert-OH is 2. The van der Waals surface area contributed by atoms with Gasteiger partial charge in [-0.2, -0.15) is 0 Å². The fourth-order valence-corrected chi connectivity index (χ4v) is 4.59. The molecule has 0 aliphatic rings. The largest absolute Gasteiger partial charge is 0.368 e.